The Bertz CT molecular complexity index is 487. The van der Waals surface area contributed by atoms with E-state index in [9.17, 15) is 0 Å². The number of aromatic nitrogens is 1. The molecule has 1 unspecified atom stereocenters. The van der Waals surface area contributed by atoms with Crippen molar-refractivity contribution in [3.05, 3.63) is 28.1 Å². The third-order valence-electron chi connectivity index (χ3n) is 2.89. The SMILES string of the molecule is CCCNC(C)c1csc(-c2ccc(CC)s2)n1. The van der Waals surface area contributed by atoms with Crippen molar-refractivity contribution in [2.45, 2.75) is 39.7 Å². The molecule has 0 saturated carbocycles. The van der Waals surface area contributed by atoms with Crippen LogP contribution in [0.1, 0.15) is 43.8 Å². The second-order valence-corrected chi connectivity index (χ2v) is 6.40. The highest BCUT2D eigenvalue weighted by Gasteiger charge is 2.11. The monoisotopic (exact) mass is 280 g/mol. The molecular weight excluding hydrogens is 260 g/mol. The fourth-order valence-electron chi connectivity index (χ4n) is 1.75. The van der Waals surface area contributed by atoms with Gasteiger partial charge in [0.2, 0.25) is 0 Å². The van der Waals surface area contributed by atoms with Gasteiger partial charge < -0.3 is 5.32 Å². The lowest BCUT2D eigenvalue weighted by atomic mass is 10.2. The Morgan fingerprint density at radius 2 is 2.17 bits per heavy atom. The van der Waals surface area contributed by atoms with E-state index >= 15 is 0 Å². The summed E-state index contributed by atoms with van der Waals surface area (Å²) in [5.41, 5.74) is 1.16. The fraction of sp³-hybridized carbons (Fsp3) is 0.500. The molecule has 0 aromatic carbocycles. The van der Waals surface area contributed by atoms with Gasteiger partial charge >= 0.3 is 0 Å². The molecule has 18 heavy (non-hydrogen) atoms. The first-order chi connectivity index (χ1) is 8.74. The van der Waals surface area contributed by atoms with Crippen LogP contribution >= 0.6 is 22.7 Å². The van der Waals surface area contributed by atoms with Gasteiger partial charge in [-0.25, -0.2) is 4.98 Å². The van der Waals surface area contributed by atoms with Crippen molar-refractivity contribution in [2.75, 3.05) is 6.54 Å². The van der Waals surface area contributed by atoms with E-state index < -0.39 is 0 Å². The van der Waals surface area contributed by atoms with E-state index in [1.807, 2.05) is 11.3 Å². The van der Waals surface area contributed by atoms with Gasteiger partial charge in [-0.15, -0.1) is 22.7 Å². The zero-order valence-electron chi connectivity index (χ0n) is 11.2. The average Bonchev–Trinajstić information content (AvgIpc) is 3.03. The summed E-state index contributed by atoms with van der Waals surface area (Å²) in [6.07, 6.45) is 2.27. The maximum atomic E-state index is 4.75. The molecule has 4 heteroatoms. The molecule has 0 aliphatic heterocycles. The van der Waals surface area contributed by atoms with Crippen LogP contribution in [0.2, 0.25) is 0 Å². The Morgan fingerprint density at radius 3 is 2.83 bits per heavy atom. The molecule has 0 aliphatic rings. The van der Waals surface area contributed by atoms with Crippen LogP contribution < -0.4 is 5.32 Å². The first kappa shape index (κ1) is 13.7. The fourth-order valence-corrected chi connectivity index (χ4v) is 3.68. The molecule has 0 bridgehead atoms. The molecule has 2 rings (SSSR count). The lowest BCUT2D eigenvalue weighted by Gasteiger charge is -2.09. The van der Waals surface area contributed by atoms with E-state index in [4.69, 9.17) is 4.98 Å². The number of hydrogen-bond acceptors (Lipinski definition) is 4. The van der Waals surface area contributed by atoms with Crippen LogP contribution in [0.3, 0.4) is 0 Å². The van der Waals surface area contributed by atoms with Crippen molar-refractivity contribution in [3.8, 4) is 9.88 Å². The van der Waals surface area contributed by atoms with E-state index in [0.29, 0.717) is 6.04 Å². The minimum Gasteiger partial charge on any atom is -0.309 e. The van der Waals surface area contributed by atoms with Gasteiger partial charge in [-0.1, -0.05) is 13.8 Å². The van der Waals surface area contributed by atoms with Gasteiger partial charge in [0.1, 0.15) is 5.01 Å². The Kier molecular flexibility index (Phi) is 4.92. The van der Waals surface area contributed by atoms with Crippen molar-refractivity contribution in [1.29, 1.82) is 0 Å². The summed E-state index contributed by atoms with van der Waals surface area (Å²) in [7, 11) is 0. The van der Waals surface area contributed by atoms with Crippen LogP contribution in [0.5, 0.6) is 0 Å². The van der Waals surface area contributed by atoms with Crippen molar-refractivity contribution in [1.82, 2.24) is 10.3 Å². The summed E-state index contributed by atoms with van der Waals surface area (Å²) >= 11 is 3.60. The maximum Gasteiger partial charge on any atom is 0.133 e. The van der Waals surface area contributed by atoms with Crippen LogP contribution in [0.4, 0.5) is 0 Å². The van der Waals surface area contributed by atoms with E-state index in [2.05, 4.69) is 43.6 Å². The number of aryl methyl sites for hydroxylation is 1. The van der Waals surface area contributed by atoms with Crippen LogP contribution in [0, 0.1) is 0 Å². The number of rotatable bonds is 6. The minimum absolute atomic E-state index is 0.348. The Labute approximate surface area is 117 Å². The second kappa shape index (κ2) is 6.45. The molecule has 2 nitrogen and oxygen atoms in total. The lowest BCUT2D eigenvalue weighted by Crippen LogP contribution is -2.19. The third kappa shape index (κ3) is 3.19. The summed E-state index contributed by atoms with van der Waals surface area (Å²) in [6, 6.07) is 4.75. The number of nitrogens with zero attached hydrogens (tertiary/aromatic N) is 1. The van der Waals surface area contributed by atoms with Crippen molar-refractivity contribution in [2.24, 2.45) is 0 Å². The first-order valence-electron chi connectivity index (χ1n) is 6.52. The first-order valence-corrected chi connectivity index (χ1v) is 8.22. The zero-order chi connectivity index (χ0) is 13.0. The molecule has 1 N–H and O–H groups in total. The summed E-state index contributed by atoms with van der Waals surface area (Å²) in [4.78, 5) is 7.47. The Hall–Kier alpha value is -0.710. The van der Waals surface area contributed by atoms with Crippen molar-refractivity contribution >= 4 is 22.7 Å². The molecular formula is C14H20N2S2. The number of thiazole rings is 1. The molecule has 2 aromatic heterocycles. The molecule has 2 heterocycles. The average molecular weight is 280 g/mol. The minimum atomic E-state index is 0.348. The molecule has 2 aromatic rings. The van der Waals surface area contributed by atoms with Crippen molar-refractivity contribution in [3.63, 3.8) is 0 Å². The van der Waals surface area contributed by atoms with Gasteiger partial charge in [-0.05, 0) is 38.4 Å². The zero-order valence-corrected chi connectivity index (χ0v) is 12.8. The molecule has 0 spiro atoms. The predicted molar refractivity (Wildman–Crippen MR) is 81.5 cm³/mol. The highest BCUT2D eigenvalue weighted by atomic mass is 32.1. The van der Waals surface area contributed by atoms with E-state index in [0.717, 1.165) is 30.1 Å². The van der Waals surface area contributed by atoms with E-state index in [1.54, 1.807) is 11.3 Å². The van der Waals surface area contributed by atoms with Crippen LogP contribution in [-0.4, -0.2) is 11.5 Å². The van der Waals surface area contributed by atoms with Gasteiger partial charge in [0.05, 0.1) is 10.6 Å². The Morgan fingerprint density at radius 1 is 1.33 bits per heavy atom. The highest BCUT2D eigenvalue weighted by Crippen LogP contribution is 2.32. The third-order valence-corrected chi connectivity index (χ3v) is 5.15. The van der Waals surface area contributed by atoms with Gasteiger partial charge in [0, 0.05) is 16.3 Å². The Balaban J connectivity index is 2.09. The van der Waals surface area contributed by atoms with Gasteiger partial charge in [-0.2, -0.15) is 0 Å². The maximum absolute atomic E-state index is 4.75. The largest absolute Gasteiger partial charge is 0.309 e. The molecule has 0 aliphatic carbocycles. The van der Waals surface area contributed by atoms with Crippen LogP contribution in [0.25, 0.3) is 9.88 Å². The topological polar surface area (TPSA) is 24.9 Å². The smallest absolute Gasteiger partial charge is 0.133 e. The number of thiophene rings is 1. The standard InChI is InChI=1S/C14H20N2S2/c1-4-8-15-10(3)12-9-17-14(16-12)13-7-6-11(5-2)18-13/h6-7,9-10,15H,4-5,8H2,1-3H3. The lowest BCUT2D eigenvalue weighted by molar-refractivity contribution is 0.561. The molecule has 0 fully saturated rings. The van der Waals surface area contributed by atoms with Crippen LogP contribution in [-0.2, 0) is 6.42 Å². The van der Waals surface area contributed by atoms with E-state index in [-0.39, 0.29) is 0 Å². The summed E-state index contributed by atoms with van der Waals surface area (Å²) in [6.45, 7) is 7.61. The molecule has 0 radical (unpaired) electrons. The van der Waals surface area contributed by atoms with Gasteiger partial charge in [0.25, 0.3) is 0 Å². The van der Waals surface area contributed by atoms with Gasteiger partial charge in [0.15, 0.2) is 0 Å². The van der Waals surface area contributed by atoms with Crippen molar-refractivity contribution < 1.29 is 0 Å². The van der Waals surface area contributed by atoms with Gasteiger partial charge in [-0.3, -0.25) is 0 Å². The number of hydrogen-bond donors (Lipinski definition) is 1. The van der Waals surface area contributed by atoms with E-state index in [1.165, 1.54) is 9.75 Å². The second-order valence-electron chi connectivity index (χ2n) is 4.37. The molecule has 0 saturated heterocycles. The quantitative estimate of drug-likeness (QED) is 0.843. The van der Waals surface area contributed by atoms with Crippen LogP contribution in [0.15, 0.2) is 17.5 Å². The molecule has 0 amide bonds. The molecule has 1 atom stereocenters. The summed E-state index contributed by atoms with van der Waals surface area (Å²) in [5, 5.41) is 6.80. The summed E-state index contributed by atoms with van der Waals surface area (Å²) in [5.74, 6) is 0. The number of nitrogens with one attached hydrogen (secondary N) is 1. The predicted octanol–water partition coefficient (Wildman–Crippen LogP) is 4.49. The summed E-state index contributed by atoms with van der Waals surface area (Å²) < 4.78 is 0. The normalized spacial score (nSPS) is 12.8. The highest BCUT2D eigenvalue weighted by molar-refractivity contribution is 7.21. The molecule has 98 valence electrons.